The predicted octanol–water partition coefficient (Wildman–Crippen LogP) is 3.32. The molecular formula is C28H26N2O7. The predicted molar refractivity (Wildman–Crippen MR) is 133 cm³/mol. The van der Waals surface area contributed by atoms with E-state index in [1.54, 1.807) is 48.5 Å². The largest absolute Gasteiger partial charge is 0.468 e. The first-order chi connectivity index (χ1) is 17.9. The fourth-order valence-corrected chi connectivity index (χ4v) is 4.48. The third kappa shape index (κ3) is 4.88. The number of amides is 2. The highest BCUT2D eigenvalue weighted by Gasteiger charge is 2.63. The Kier molecular flexibility index (Phi) is 7.52. The van der Waals surface area contributed by atoms with Crippen molar-refractivity contribution in [3.8, 4) is 0 Å². The van der Waals surface area contributed by atoms with Crippen molar-refractivity contribution >= 4 is 29.6 Å². The third-order valence-electron chi connectivity index (χ3n) is 6.20. The lowest BCUT2D eigenvalue weighted by Crippen LogP contribution is -2.61. The number of esters is 2. The van der Waals surface area contributed by atoms with Crippen molar-refractivity contribution < 1.29 is 33.4 Å². The van der Waals surface area contributed by atoms with Gasteiger partial charge < -0.3 is 24.4 Å². The van der Waals surface area contributed by atoms with Crippen molar-refractivity contribution in [1.82, 2.24) is 5.32 Å². The van der Waals surface area contributed by atoms with E-state index in [9.17, 15) is 19.2 Å². The van der Waals surface area contributed by atoms with Gasteiger partial charge in [-0.3, -0.25) is 14.4 Å². The molecule has 0 aliphatic carbocycles. The van der Waals surface area contributed by atoms with Crippen LogP contribution in [0, 0.1) is 5.92 Å². The topological polar surface area (TPSA) is 111 Å². The minimum atomic E-state index is -2.17. The lowest BCUT2D eigenvalue weighted by Gasteiger charge is -2.33. The van der Waals surface area contributed by atoms with Crippen LogP contribution in [0.15, 0.2) is 84.9 Å². The molecule has 0 saturated heterocycles. The number of methoxy groups -OCH3 is 2. The summed E-state index contributed by atoms with van der Waals surface area (Å²) in [7, 11) is 2.18. The van der Waals surface area contributed by atoms with Gasteiger partial charge in [-0.1, -0.05) is 78.9 Å². The van der Waals surface area contributed by atoms with Gasteiger partial charge in [0.25, 0.3) is 5.91 Å². The van der Waals surface area contributed by atoms with Crippen molar-refractivity contribution in [1.29, 1.82) is 0 Å². The number of ether oxygens (including phenoxy) is 3. The summed E-state index contributed by atoms with van der Waals surface area (Å²) >= 11 is 0. The monoisotopic (exact) mass is 502 g/mol. The fraction of sp³-hybridized carbons (Fsp3) is 0.214. The summed E-state index contributed by atoms with van der Waals surface area (Å²) < 4.78 is 15.2. The summed E-state index contributed by atoms with van der Waals surface area (Å²) in [6.45, 7) is 0.0433. The molecule has 37 heavy (non-hydrogen) atoms. The molecule has 1 aliphatic heterocycles. The molecule has 1 atom stereocenters. The highest BCUT2D eigenvalue weighted by Crippen LogP contribution is 2.46. The summed E-state index contributed by atoms with van der Waals surface area (Å²) in [5, 5.41) is 2.56. The van der Waals surface area contributed by atoms with Gasteiger partial charge >= 0.3 is 18.0 Å². The van der Waals surface area contributed by atoms with E-state index < -0.39 is 35.4 Å². The first-order valence-electron chi connectivity index (χ1n) is 11.5. The molecule has 3 aromatic carbocycles. The molecule has 9 heteroatoms. The van der Waals surface area contributed by atoms with Crippen LogP contribution in [-0.4, -0.2) is 38.2 Å². The number of alkyl carbamates (subject to hydrolysis) is 1. The van der Waals surface area contributed by atoms with Crippen molar-refractivity contribution in [2.75, 3.05) is 19.1 Å². The minimum Gasteiger partial charge on any atom is -0.468 e. The third-order valence-corrected chi connectivity index (χ3v) is 6.20. The van der Waals surface area contributed by atoms with E-state index in [0.717, 1.165) is 19.8 Å². The molecule has 0 fully saturated rings. The Balaban J connectivity index is 1.80. The number of carbonyl (C=O) groups is 4. The Morgan fingerprint density at radius 2 is 1.35 bits per heavy atom. The molecule has 3 aromatic rings. The van der Waals surface area contributed by atoms with Crippen molar-refractivity contribution in [3.63, 3.8) is 0 Å². The van der Waals surface area contributed by atoms with Gasteiger partial charge in [-0.2, -0.15) is 0 Å². The molecule has 0 aromatic heterocycles. The molecule has 0 bridgehead atoms. The van der Waals surface area contributed by atoms with E-state index in [-0.39, 0.29) is 18.7 Å². The number of carbonyl (C=O) groups excluding carboxylic acids is 4. The molecule has 1 N–H and O–H groups in total. The number of rotatable bonds is 8. The number of anilines is 1. The summed E-state index contributed by atoms with van der Waals surface area (Å²) in [5.74, 6) is -4.61. The maximum atomic E-state index is 14.2. The Labute approximate surface area is 213 Å². The van der Waals surface area contributed by atoms with Crippen molar-refractivity contribution in [2.45, 2.75) is 18.7 Å². The quantitative estimate of drug-likeness (QED) is 0.286. The van der Waals surface area contributed by atoms with Gasteiger partial charge in [-0.15, -0.1) is 0 Å². The Bertz CT molecular complexity index is 1280. The molecule has 190 valence electrons. The fourth-order valence-electron chi connectivity index (χ4n) is 4.48. The number of nitrogens with one attached hydrogen (secondary N) is 1. The van der Waals surface area contributed by atoms with Crippen LogP contribution in [0.25, 0.3) is 0 Å². The van der Waals surface area contributed by atoms with Crippen LogP contribution < -0.4 is 10.2 Å². The summed E-state index contributed by atoms with van der Waals surface area (Å²) in [5.41, 5.74) is 0.0269. The van der Waals surface area contributed by atoms with E-state index in [0.29, 0.717) is 11.3 Å². The van der Waals surface area contributed by atoms with Gasteiger partial charge in [0.15, 0.2) is 11.5 Å². The summed E-state index contributed by atoms with van der Waals surface area (Å²) in [4.78, 5) is 54.8. The van der Waals surface area contributed by atoms with Gasteiger partial charge in [-0.25, -0.2) is 4.79 Å². The number of hydrogen-bond donors (Lipinski definition) is 1. The molecule has 9 nitrogen and oxygen atoms in total. The second-order valence-corrected chi connectivity index (χ2v) is 8.37. The van der Waals surface area contributed by atoms with E-state index in [2.05, 4.69) is 5.32 Å². The maximum absolute atomic E-state index is 14.2. The van der Waals surface area contributed by atoms with Gasteiger partial charge in [-0.05, 0) is 17.2 Å². The van der Waals surface area contributed by atoms with Gasteiger partial charge in [0.05, 0.1) is 26.5 Å². The zero-order chi connectivity index (χ0) is 26.4. The Morgan fingerprint density at radius 1 is 0.811 bits per heavy atom. The van der Waals surface area contributed by atoms with E-state index >= 15 is 0 Å². The second kappa shape index (κ2) is 10.9. The molecule has 0 saturated carbocycles. The zero-order valence-corrected chi connectivity index (χ0v) is 20.4. The van der Waals surface area contributed by atoms with Crippen LogP contribution in [0.4, 0.5) is 10.5 Å². The number of hydrogen-bond acceptors (Lipinski definition) is 7. The molecule has 0 spiro atoms. The lowest BCUT2D eigenvalue weighted by atomic mass is 9.78. The molecule has 4 rings (SSSR count). The molecule has 1 aliphatic rings. The second-order valence-electron chi connectivity index (χ2n) is 8.37. The Morgan fingerprint density at radius 3 is 1.95 bits per heavy atom. The van der Waals surface area contributed by atoms with Crippen LogP contribution in [-0.2, 0) is 47.3 Å². The smallest absolute Gasteiger partial charge is 0.408 e. The molecule has 1 heterocycles. The first-order valence-corrected chi connectivity index (χ1v) is 11.5. The van der Waals surface area contributed by atoms with Crippen molar-refractivity contribution in [2.24, 2.45) is 5.92 Å². The average Bonchev–Trinajstić information content (AvgIpc) is 3.16. The molecular weight excluding hydrogens is 476 g/mol. The standard InChI is InChI=1S/C28H26N2O7/c1-35-24(31)23(25(32)36-2)28(29-27(34)37-18-20-13-7-4-8-14-20)21-15-9-10-16-22(21)30(26(28)33)17-19-11-5-3-6-12-19/h3-16,23H,17-18H2,1-2H3,(H,29,34)/t28-/m0/s1. The normalized spacial score (nSPS) is 16.2. The number of fused-ring (bicyclic) bond motifs is 1. The maximum Gasteiger partial charge on any atom is 0.408 e. The van der Waals surface area contributed by atoms with Gasteiger partial charge in [0.2, 0.25) is 0 Å². The van der Waals surface area contributed by atoms with Crippen LogP contribution in [0.2, 0.25) is 0 Å². The summed E-state index contributed by atoms with van der Waals surface area (Å²) in [6, 6.07) is 24.8. The highest BCUT2D eigenvalue weighted by atomic mass is 16.6. The Hall–Kier alpha value is -4.66. The number of benzene rings is 3. The number of nitrogens with zero attached hydrogens (tertiary/aromatic N) is 1. The molecule has 0 unspecified atom stereocenters. The van der Waals surface area contributed by atoms with Crippen LogP contribution in [0.3, 0.4) is 0 Å². The van der Waals surface area contributed by atoms with Crippen LogP contribution in [0.1, 0.15) is 16.7 Å². The minimum absolute atomic E-state index is 0.0898. The van der Waals surface area contributed by atoms with Gasteiger partial charge in [0.1, 0.15) is 6.61 Å². The first kappa shape index (κ1) is 25.4. The van der Waals surface area contributed by atoms with E-state index in [1.807, 2.05) is 36.4 Å². The van der Waals surface area contributed by atoms with Crippen molar-refractivity contribution in [3.05, 3.63) is 102 Å². The SMILES string of the molecule is COC(=O)C(C(=O)OC)[C@]1(NC(=O)OCc2ccccc2)C(=O)N(Cc2ccccc2)c2ccccc21. The van der Waals surface area contributed by atoms with E-state index in [1.165, 1.54) is 4.90 Å². The zero-order valence-electron chi connectivity index (χ0n) is 20.4. The summed E-state index contributed by atoms with van der Waals surface area (Å²) in [6.07, 6.45) is -0.994. The van der Waals surface area contributed by atoms with Gasteiger partial charge in [0, 0.05) is 5.56 Å². The van der Waals surface area contributed by atoms with E-state index in [4.69, 9.17) is 14.2 Å². The number of para-hydroxylation sites is 1. The lowest BCUT2D eigenvalue weighted by molar-refractivity contribution is -0.165. The average molecular weight is 503 g/mol. The van der Waals surface area contributed by atoms with Crippen LogP contribution in [0.5, 0.6) is 0 Å². The van der Waals surface area contributed by atoms with Crippen LogP contribution >= 0.6 is 0 Å². The molecule has 0 radical (unpaired) electrons. The molecule has 2 amide bonds. The highest BCUT2D eigenvalue weighted by molar-refractivity contribution is 6.15.